The molecule has 3 aromatic carbocycles. The minimum atomic E-state index is -0.262. The van der Waals surface area contributed by atoms with Crippen molar-refractivity contribution in [2.45, 2.75) is 19.3 Å². The van der Waals surface area contributed by atoms with E-state index in [1.807, 2.05) is 42.5 Å². The van der Waals surface area contributed by atoms with Gasteiger partial charge in [0.05, 0.1) is 11.2 Å². The third kappa shape index (κ3) is 4.62. The number of nitrogens with one attached hydrogen (secondary N) is 2. The Hall–Kier alpha value is -3.99. The molecular weight excluding hydrogens is 413 g/mol. The summed E-state index contributed by atoms with van der Waals surface area (Å²) in [5, 5.41) is 5.05. The summed E-state index contributed by atoms with van der Waals surface area (Å²) in [4.78, 5) is 21.2. The van der Waals surface area contributed by atoms with E-state index in [-0.39, 0.29) is 11.7 Å². The molecule has 4 nitrogen and oxygen atoms in total. The van der Waals surface area contributed by atoms with E-state index in [1.54, 1.807) is 12.1 Å². The van der Waals surface area contributed by atoms with Crippen molar-refractivity contribution in [2.24, 2.45) is 0 Å². The monoisotopic (exact) mass is 437 g/mol. The first-order chi connectivity index (χ1) is 16.2. The second kappa shape index (κ2) is 9.25. The number of hydrogen-bond donors (Lipinski definition) is 2. The summed E-state index contributed by atoms with van der Waals surface area (Å²) < 4.78 is 13.1. The topological polar surface area (TPSA) is 57.8 Å². The Labute approximate surface area is 191 Å². The van der Waals surface area contributed by atoms with E-state index in [2.05, 4.69) is 28.5 Å². The van der Waals surface area contributed by atoms with Crippen LogP contribution < -0.4 is 5.32 Å². The smallest absolute Gasteiger partial charge is 0.269 e. The van der Waals surface area contributed by atoms with Crippen LogP contribution in [0, 0.1) is 5.82 Å². The highest BCUT2D eigenvalue weighted by Gasteiger charge is 2.16. The van der Waals surface area contributed by atoms with E-state index in [9.17, 15) is 9.18 Å². The number of nitrogens with zero attached hydrogens (tertiary/aromatic N) is 1. The fourth-order valence-corrected chi connectivity index (χ4v) is 4.18. The van der Waals surface area contributed by atoms with E-state index in [4.69, 9.17) is 4.98 Å². The van der Waals surface area contributed by atoms with Crippen molar-refractivity contribution in [3.8, 4) is 0 Å². The van der Waals surface area contributed by atoms with Gasteiger partial charge < -0.3 is 10.3 Å². The summed E-state index contributed by atoms with van der Waals surface area (Å²) in [6.45, 7) is 0.456. The number of carbonyl (C=O) groups excluding carboxylic acids is 1. The molecule has 0 saturated heterocycles. The maximum absolute atomic E-state index is 13.1. The second-order valence-corrected chi connectivity index (χ2v) is 8.17. The van der Waals surface area contributed by atoms with Crippen molar-refractivity contribution in [3.05, 3.63) is 113 Å². The highest BCUT2D eigenvalue weighted by molar-refractivity contribution is 6.10. The fourth-order valence-electron chi connectivity index (χ4n) is 4.18. The van der Waals surface area contributed by atoms with Crippen LogP contribution in [0.5, 0.6) is 0 Å². The second-order valence-electron chi connectivity index (χ2n) is 8.17. The molecule has 5 heteroatoms. The first kappa shape index (κ1) is 20.9. The summed E-state index contributed by atoms with van der Waals surface area (Å²) in [6.07, 6.45) is 2.19. The van der Waals surface area contributed by atoms with Gasteiger partial charge in [0.25, 0.3) is 5.91 Å². The molecule has 5 aromatic rings. The Bertz CT molecular complexity index is 1410. The first-order valence-corrected chi connectivity index (χ1v) is 11.1. The normalized spacial score (nSPS) is 11.2. The molecule has 0 unspecified atom stereocenters. The minimum Gasteiger partial charge on any atom is -0.353 e. The molecule has 5 rings (SSSR count). The molecule has 2 N–H and O–H groups in total. The SMILES string of the molecule is O=C(NCCc1ccc(F)cc1)c1cc2c([nH]c3ccccc32)c(CCc2ccccc2)n1. The Balaban J connectivity index is 1.41. The number of aromatic amines is 1. The predicted octanol–water partition coefficient (Wildman–Crippen LogP) is 5.61. The number of aromatic nitrogens is 2. The molecule has 0 aliphatic carbocycles. The molecule has 0 atom stereocenters. The zero-order valence-electron chi connectivity index (χ0n) is 18.1. The summed E-state index contributed by atoms with van der Waals surface area (Å²) in [5.74, 6) is -0.465. The maximum Gasteiger partial charge on any atom is 0.269 e. The van der Waals surface area contributed by atoms with Crippen molar-refractivity contribution in [1.82, 2.24) is 15.3 Å². The molecule has 33 heavy (non-hydrogen) atoms. The Morgan fingerprint density at radius 1 is 0.818 bits per heavy atom. The van der Waals surface area contributed by atoms with Crippen LogP contribution in [-0.2, 0) is 19.3 Å². The fraction of sp³-hybridized carbons (Fsp3) is 0.143. The number of benzene rings is 3. The van der Waals surface area contributed by atoms with Gasteiger partial charge in [-0.2, -0.15) is 0 Å². The van der Waals surface area contributed by atoms with Crippen LogP contribution in [-0.4, -0.2) is 22.4 Å². The zero-order chi connectivity index (χ0) is 22.6. The maximum atomic E-state index is 13.1. The Morgan fingerprint density at radius 2 is 1.55 bits per heavy atom. The average Bonchev–Trinajstić information content (AvgIpc) is 3.23. The minimum absolute atomic E-state index is 0.203. The number of aryl methyl sites for hydroxylation is 2. The summed E-state index contributed by atoms with van der Waals surface area (Å²) in [6, 6.07) is 26.6. The number of rotatable bonds is 7. The number of halogens is 1. The lowest BCUT2D eigenvalue weighted by Gasteiger charge is -2.09. The molecule has 2 aromatic heterocycles. The van der Waals surface area contributed by atoms with Crippen LogP contribution in [0.25, 0.3) is 21.8 Å². The molecule has 1 amide bonds. The van der Waals surface area contributed by atoms with Gasteiger partial charge in [-0.05, 0) is 54.7 Å². The molecule has 2 heterocycles. The standard InChI is InChI=1S/C28H24FN3O/c29-21-13-10-20(11-14-21)16-17-30-28(33)26-18-23-22-8-4-5-9-24(22)32-27(23)25(31-26)15-12-19-6-2-1-3-7-19/h1-11,13-14,18,32H,12,15-17H2,(H,30,33). The molecule has 0 spiro atoms. The molecule has 0 bridgehead atoms. The van der Waals surface area contributed by atoms with E-state index >= 15 is 0 Å². The molecule has 0 aliphatic heterocycles. The zero-order valence-corrected chi connectivity index (χ0v) is 18.1. The van der Waals surface area contributed by atoms with Gasteiger partial charge in [0.1, 0.15) is 11.5 Å². The third-order valence-corrected chi connectivity index (χ3v) is 5.91. The Morgan fingerprint density at radius 3 is 2.36 bits per heavy atom. The van der Waals surface area contributed by atoms with Crippen LogP contribution >= 0.6 is 0 Å². The van der Waals surface area contributed by atoms with Crippen LogP contribution in [0.3, 0.4) is 0 Å². The summed E-state index contributed by atoms with van der Waals surface area (Å²) in [5.41, 5.74) is 5.52. The number of para-hydroxylation sites is 1. The first-order valence-electron chi connectivity index (χ1n) is 11.1. The summed E-state index contributed by atoms with van der Waals surface area (Å²) >= 11 is 0. The van der Waals surface area contributed by atoms with Crippen molar-refractivity contribution < 1.29 is 9.18 Å². The number of pyridine rings is 1. The third-order valence-electron chi connectivity index (χ3n) is 5.91. The highest BCUT2D eigenvalue weighted by atomic mass is 19.1. The predicted molar refractivity (Wildman–Crippen MR) is 130 cm³/mol. The van der Waals surface area contributed by atoms with Crippen LogP contribution in [0.2, 0.25) is 0 Å². The van der Waals surface area contributed by atoms with Crippen molar-refractivity contribution in [2.75, 3.05) is 6.54 Å². The van der Waals surface area contributed by atoms with Gasteiger partial charge in [-0.15, -0.1) is 0 Å². The molecule has 0 fully saturated rings. The largest absolute Gasteiger partial charge is 0.353 e. The summed E-state index contributed by atoms with van der Waals surface area (Å²) in [7, 11) is 0. The van der Waals surface area contributed by atoms with Gasteiger partial charge in [-0.1, -0.05) is 60.7 Å². The van der Waals surface area contributed by atoms with Crippen LogP contribution in [0.1, 0.15) is 27.3 Å². The number of H-pyrrole nitrogens is 1. The van der Waals surface area contributed by atoms with Crippen LogP contribution in [0.15, 0.2) is 84.9 Å². The van der Waals surface area contributed by atoms with Crippen molar-refractivity contribution in [1.29, 1.82) is 0 Å². The van der Waals surface area contributed by atoms with Crippen LogP contribution in [0.4, 0.5) is 4.39 Å². The van der Waals surface area contributed by atoms with E-state index < -0.39 is 0 Å². The van der Waals surface area contributed by atoms with E-state index in [1.165, 1.54) is 17.7 Å². The van der Waals surface area contributed by atoms with Gasteiger partial charge in [0, 0.05) is 22.8 Å². The van der Waals surface area contributed by atoms with Gasteiger partial charge in [0.15, 0.2) is 0 Å². The van der Waals surface area contributed by atoms with E-state index in [0.29, 0.717) is 18.7 Å². The highest BCUT2D eigenvalue weighted by Crippen LogP contribution is 2.28. The number of carbonyl (C=O) groups is 1. The number of amides is 1. The number of fused-ring (bicyclic) bond motifs is 3. The quantitative estimate of drug-likeness (QED) is 0.348. The molecule has 0 saturated carbocycles. The lowest BCUT2D eigenvalue weighted by atomic mass is 10.1. The van der Waals surface area contributed by atoms with Gasteiger partial charge >= 0.3 is 0 Å². The lowest BCUT2D eigenvalue weighted by Crippen LogP contribution is -2.27. The van der Waals surface area contributed by atoms with Crippen molar-refractivity contribution >= 4 is 27.7 Å². The van der Waals surface area contributed by atoms with Crippen molar-refractivity contribution in [3.63, 3.8) is 0 Å². The molecule has 0 aliphatic rings. The number of hydrogen-bond acceptors (Lipinski definition) is 2. The Kier molecular flexibility index (Phi) is 5.85. The van der Waals surface area contributed by atoms with Gasteiger partial charge in [-0.25, -0.2) is 9.37 Å². The van der Waals surface area contributed by atoms with E-state index in [0.717, 1.165) is 45.9 Å². The molecule has 164 valence electrons. The van der Waals surface area contributed by atoms with Gasteiger partial charge in [0.2, 0.25) is 0 Å². The lowest BCUT2D eigenvalue weighted by molar-refractivity contribution is 0.0949. The van der Waals surface area contributed by atoms with Gasteiger partial charge in [-0.3, -0.25) is 4.79 Å². The average molecular weight is 438 g/mol. The molecule has 0 radical (unpaired) electrons. The molecular formula is C28H24FN3O.